The number of aromatic nitrogens is 4. The van der Waals surface area contributed by atoms with Crippen LogP contribution < -0.4 is 10.1 Å². The van der Waals surface area contributed by atoms with Crippen LogP contribution in [0.5, 0.6) is 5.75 Å². The molecule has 1 aromatic carbocycles. The van der Waals surface area contributed by atoms with Crippen molar-refractivity contribution in [3.05, 3.63) is 35.5 Å². The van der Waals surface area contributed by atoms with Crippen LogP contribution in [0.25, 0.3) is 22.3 Å². The number of benzene rings is 1. The Morgan fingerprint density at radius 1 is 1.29 bits per heavy atom. The van der Waals surface area contributed by atoms with Gasteiger partial charge in [-0.3, -0.25) is 4.79 Å². The van der Waals surface area contributed by atoms with Crippen molar-refractivity contribution < 1.29 is 9.53 Å². The molecule has 9 heteroatoms. The van der Waals surface area contributed by atoms with Gasteiger partial charge < -0.3 is 15.0 Å². The Labute approximate surface area is 180 Å². The summed E-state index contributed by atoms with van der Waals surface area (Å²) in [5, 5.41) is 20.3. The van der Waals surface area contributed by atoms with E-state index < -0.39 is 0 Å². The number of amides is 1. The smallest absolute Gasteiger partial charge is 0.221 e. The molecule has 1 aliphatic rings. The first-order valence-corrected chi connectivity index (χ1v) is 10.4. The molecule has 3 heterocycles. The molecule has 2 aromatic heterocycles. The van der Waals surface area contributed by atoms with Gasteiger partial charge in [0.05, 0.1) is 17.8 Å². The van der Waals surface area contributed by atoms with Crippen LogP contribution in [0.2, 0.25) is 0 Å². The summed E-state index contributed by atoms with van der Waals surface area (Å²) >= 11 is 0. The molecule has 0 spiro atoms. The summed E-state index contributed by atoms with van der Waals surface area (Å²) in [6.45, 7) is 5.91. The maximum atomic E-state index is 11.4. The Balaban J connectivity index is 1.40. The molecule has 4 rings (SSSR count). The zero-order valence-corrected chi connectivity index (χ0v) is 17.8. The number of rotatable bonds is 6. The Hall–Kier alpha value is -3.51. The van der Waals surface area contributed by atoms with E-state index in [-0.39, 0.29) is 11.6 Å². The van der Waals surface area contributed by atoms with Crippen LogP contribution in [0, 0.1) is 18.3 Å². The van der Waals surface area contributed by atoms with E-state index in [2.05, 4.69) is 31.6 Å². The SMILES string of the molecule is Cc1cc(-c2cc3c(nnn3C)c(C#N)n2)ccc1OCCCN1CCNC(=O)CC1. The molecule has 1 saturated heterocycles. The molecular formula is C22H25N7O2. The lowest BCUT2D eigenvalue weighted by atomic mass is 10.1. The van der Waals surface area contributed by atoms with Crippen LogP contribution in [0.1, 0.15) is 24.1 Å². The Kier molecular flexibility index (Phi) is 6.09. The lowest BCUT2D eigenvalue weighted by molar-refractivity contribution is -0.120. The number of carbonyl (C=O) groups excluding carboxylic acids is 1. The van der Waals surface area contributed by atoms with Gasteiger partial charge in [0.15, 0.2) is 5.69 Å². The maximum Gasteiger partial charge on any atom is 0.221 e. The Morgan fingerprint density at radius 3 is 2.97 bits per heavy atom. The number of aryl methyl sites for hydroxylation is 2. The largest absolute Gasteiger partial charge is 0.493 e. The number of hydrogen-bond acceptors (Lipinski definition) is 7. The molecule has 0 saturated carbocycles. The van der Waals surface area contributed by atoms with E-state index in [0.29, 0.717) is 30.8 Å². The third-order valence-corrected chi connectivity index (χ3v) is 5.46. The number of nitrogens with zero attached hydrogens (tertiary/aromatic N) is 6. The van der Waals surface area contributed by atoms with E-state index in [4.69, 9.17) is 4.74 Å². The van der Waals surface area contributed by atoms with Crippen molar-refractivity contribution in [2.24, 2.45) is 7.05 Å². The van der Waals surface area contributed by atoms with Gasteiger partial charge in [0.1, 0.15) is 17.3 Å². The van der Waals surface area contributed by atoms with Gasteiger partial charge >= 0.3 is 0 Å². The van der Waals surface area contributed by atoms with Crippen molar-refractivity contribution in [1.82, 2.24) is 30.2 Å². The number of nitriles is 1. The van der Waals surface area contributed by atoms with E-state index in [9.17, 15) is 10.1 Å². The summed E-state index contributed by atoms with van der Waals surface area (Å²) in [6.07, 6.45) is 1.45. The third kappa shape index (κ3) is 4.64. The fraction of sp³-hybridized carbons (Fsp3) is 0.409. The minimum absolute atomic E-state index is 0.129. The fourth-order valence-corrected chi connectivity index (χ4v) is 3.73. The standard InChI is InChI=1S/C22H25N7O2/c1-15-12-16(17-13-19-22(18(14-23)25-17)26-27-28(19)2)4-5-20(15)31-11-3-8-29-9-6-21(30)24-7-10-29/h4-5,12-13H,3,6-11H2,1-2H3,(H,24,30). The first-order valence-electron chi connectivity index (χ1n) is 10.4. The van der Waals surface area contributed by atoms with E-state index in [1.807, 2.05) is 31.2 Å². The van der Waals surface area contributed by atoms with E-state index in [1.165, 1.54) is 0 Å². The van der Waals surface area contributed by atoms with Crippen LogP contribution >= 0.6 is 0 Å². The second kappa shape index (κ2) is 9.10. The van der Waals surface area contributed by atoms with Gasteiger partial charge in [-0.2, -0.15) is 5.26 Å². The Bertz CT molecular complexity index is 1150. The normalized spacial score (nSPS) is 14.8. The van der Waals surface area contributed by atoms with Crippen LogP contribution in [-0.4, -0.2) is 63.6 Å². The second-order valence-electron chi connectivity index (χ2n) is 7.67. The van der Waals surface area contributed by atoms with Gasteiger partial charge in [0, 0.05) is 45.2 Å². The minimum Gasteiger partial charge on any atom is -0.493 e. The molecular weight excluding hydrogens is 394 g/mol. The highest BCUT2D eigenvalue weighted by molar-refractivity contribution is 5.83. The average Bonchev–Trinajstić information content (AvgIpc) is 3.02. The predicted molar refractivity (Wildman–Crippen MR) is 115 cm³/mol. The summed E-state index contributed by atoms with van der Waals surface area (Å²) < 4.78 is 7.63. The topological polar surface area (TPSA) is 109 Å². The van der Waals surface area contributed by atoms with Crippen molar-refractivity contribution in [3.63, 3.8) is 0 Å². The number of fused-ring (bicyclic) bond motifs is 1. The summed E-state index contributed by atoms with van der Waals surface area (Å²) in [5.41, 5.74) is 4.16. The molecule has 1 fully saturated rings. The van der Waals surface area contributed by atoms with Gasteiger partial charge in [0.25, 0.3) is 0 Å². The molecule has 0 atom stereocenters. The lowest BCUT2D eigenvalue weighted by Crippen LogP contribution is -2.30. The number of nitrogens with one attached hydrogen (secondary N) is 1. The molecule has 0 aliphatic carbocycles. The van der Waals surface area contributed by atoms with Crippen LogP contribution in [0.3, 0.4) is 0 Å². The molecule has 1 aliphatic heterocycles. The fourth-order valence-electron chi connectivity index (χ4n) is 3.73. The highest BCUT2D eigenvalue weighted by atomic mass is 16.5. The van der Waals surface area contributed by atoms with Crippen molar-refractivity contribution in [2.45, 2.75) is 19.8 Å². The van der Waals surface area contributed by atoms with Gasteiger partial charge in [-0.1, -0.05) is 5.21 Å². The van der Waals surface area contributed by atoms with Crippen LogP contribution in [0.15, 0.2) is 24.3 Å². The van der Waals surface area contributed by atoms with Crippen molar-refractivity contribution in [1.29, 1.82) is 5.26 Å². The average molecular weight is 419 g/mol. The maximum absolute atomic E-state index is 11.4. The molecule has 0 bridgehead atoms. The summed E-state index contributed by atoms with van der Waals surface area (Å²) in [6, 6.07) is 9.91. The molecule has 31 heavy (non-hydrogen) atoms. The predicted octanol–water partition coefficient (Wildman–Crippen LogP) is 1.80. The van der Waals surface area contributed by atoms with Gasteiger partial charge in [-0.15, -0.1) is 5.10 Å². The summed E-state index contributed by atoms with van der Waals surface area (Å²) in [5.74, 6) is 0.963. The number of hydrogen-bond donors (Lipinski definition) is 1. The Morgan fingerprint density at radius 2 is 2.16 bits per heavy atom. The van der Waals surface area contributed by atoms with E-state index in [0.717, 1.165) is 48.4 Å². The van der Waals surface area contributed by atoms with Gasteiger partial charge in [-0.25, -0.2) is 9.67 Å². The zero-order chi connectivity index (χ0) is 21.8. The summed E-state index contributed by atoms with van der Waals surface area (Å²) in [7, 11) is 1.79. The molecule has 0 unspecified atom stereocenters. The van der Waals surface area contributed by atoms with Crippen molar-refractivity contribution in [3.8, 4) is 23.1 Å². The third-order valence-electron chi connectivity index (χ3n) is 5.46. The highest BCUT2D eigenvalue weighted by Gasteiger charge is 2.14. The number of ether oxygens (including phenoxy) is 1. The molecule has 1 N–H and O–H groups in total. The monoisotopic (exact) mass is 419 g/mol. The quantitative estimate of drug-likeness (QED) is 0.607. The molecule has 3 aromatic rings. The van der Waals surface area contributed by atoms with Crippen molar-refractivity contribution >= 4 is 16.9 Å². The van der Waals surface area contributed by atoms with Gasteiger partial charge in [0.2, 0.25) is 5.91 Å². The summed E-state index contributed by atoms with van der Waals surface area (Å²) in [4.78, 5) is 18.2. The molecule has 0 radical (unpaired) electrons. The zero-order valence-electron chi connectivity index (χ0n) is 17.8. The van der Waals surface area contributed by atoms with Crippen LogP contribution in [-0.2, 0) is 11.8 Å². The minimum atomic E-state index is 0.129. The number of carbonyl (C=O) groups is 1. The lowest BCUT2D eigenvalue weighted by Gasteiger charge is -2.19. The molecule has 1 amide bonds. The van der Waals surface area contributed by atoms with E-state index in [1.54, 1.807) is 11.7 Å². The van der Waals surface area contributed by atoms with E-state index >= 15 is 0 Å². The number of pyridine rings is 1. The first kappa shape index (κ1) is 20.8. The molecule has 160 valence electrons. The molecule has 9 nitrogen and oxygen atoms in total. The van der Waals surface area contributed by atoms with Gasteiger partial charge in [-0.05, 0) is 43.2 Å². The first-order chi connectivity index (χ1) is 15.0. The highest BCUT2D eigenvalue weighted by Crippen LogP contribution is 2.27. The van der Waals surface area contributed by atoms with Crippen molar-refractivity contribution in [2.75, 3.05) is 32.8 Å². The van der Waals surface area contributed by atoms with Crippen LogP contribution in [0.4, 0.5) is 0 Å². The second-order valence-corrected chi connectivity index (χ2v) is 7.67.